The van der Waals surface area contributed by atoms with Crippen LogP contribution in [-0.4, -0.2) is 0 Å². The maximum absolute atomic E-state index is 6.06. The van der Waals surface area contributed by atoms with Gasteiger partial charge in [0.05, 0.1) is 0 Å². The van der Waals surface area contributed by atoms with Crippen molar-refractivity contribution >= 4 is 27.3 Å². The van der Waals surface area contributed by atoms with Crippen molar-refractivity contribution in [2.24, 2.45) is 5.73 Å². The van der Waals surface area contributed by atoms with E-state index in [1.54, 1.807) is 11.3 Å². The molecule has 0 aliphatic heterocycles. The molecule has 0 spiro atoms. The first-order chi connectivity index (χ1) is 6.25. The Morgan fingerprint density at radius 1 is 1.46 bits per heavy atom. The van der Waals surface area contributed by atoms with Gasteiger partial charge in [-0.05, 0) is 33.3 Å². The fraction of sp³-hybridized carbons (Fsp3) is 0.600. The van der Waals surface area contributed by atoms with E-state index in [9.17, 15) is 0 Å². The Balaban J connectivity index is 2.39. The topological polar surface area (TPSA) is 26.0 Å². The van der Waals surface area contributed by atoms with Gasteiger partial charge >= 0.3 is 0 Å². The van der Waals surface area contributed by atoms with Gasteiger partial charge < -0.3 is 5.73 Å². The first-order valence-electron chi connectivity index (χ1n) is 4.73. The Labute approximate surface area is 92.5 Å². The van der Waals surface area contributed by atoms with Crippen LogP contribution in [0, 0.1) is 0 Å². The van der Waals surface area contributed by atoms with Crippen LogP contribution in [-0.2, 0) is 0 Å². The van der Waals surface area contributed by atoms with Gasteiger partial charge in [-0.1, -0.05) is 26.2 Å². The van der Waals surface area contributed by atoms with Crippen molar-refractivity contribution in [3.63, 3.8) is 0 Å². The van der Waals surface area contributed by atoms with Crippen molar-refractivity contribution < 1.29 is 0 Å². The molecule has 0 amide bonds. The monoisotopic (exact) mass is 261 g/mol. The highest BCUT2D eigenvalue weighted by atomic mass is 79.9. The van der Waals surface area contributed by atoms with E-state index in [1.165, 1.54) is 29.3 Å². The number of unbranched alkanes of at least 4 members (excludes halogenated alkanes) is 2. The van der Waals surface area contributed by atoms with E-state index in [4.69, 9.17) is 5.73 Å². The van der Waals surface area contributed by atoms with E-state index in [0.29, 0.717) is 0 Å². The average molecular weight is 262 g/mol. The Bertz CT molecular complexity index is 247. The number of halogens is 1. The van der Waals surface area contributed by atoms with E-state index in [0.717, 1.165) is 6.42 Å². The highest BCUT2D eigenvalue weighted by Gasteiger charge is 2.09. The molecule has 3 heteroatoms. The fourth-order valence-corrected chi connectivity index (χ4v) is 2.98. The molecule has 1 rings (SSSR count). The molecular weight excluding hydrogens is 246 g/mol. The number of rotatable bonds is 5. The summed E-state index contributed by atoms with van der Waals surface area (Å²) < 4.78 is 1.17. The van der Waals surface area contributed by atoms with E-state index >= 15 is 0 Å². The van der Waals surface area contributed by atoms with Gasteiger partial charge in [0.25, 0.3) is 0 Å². The van der Waals surface area contributed by atoms with E-state index in [-0.39, 0.29) is 6.04 Å². The maximum Gasteiger partial charge on any atom is 0.0330 e. The van der Waals surface area contributed by atoms with E-state index in [1.807, 2.05) is 0 Å². The van der Waals surface area contributed by atoms with Gasteiger partial charge in [-0.15, -0.1) is 0 Å². The minimum absolute atomic E-state index is 0.215. The van der Waals surface area contributed by atoms with Crippen LogP contribution >= 0.6 is 27.3 Å². The molecule has 0 fully saturated rings. The molecule has 2 N–H and O–H groups in total. The van der Waals surface area contributed by atoms with Crippen LogP contribution in [0.3, 0.4) is 0 Å². The molecule has 0 aliphatic rings. The average Bonchev–Trinajstić information content (AvgIpc) is 2.52. The summed E-state index contributed by atoms with van der Waals surface area (Å²) in [4.78, 5) is 0. The molecule has 1 atom stereocenters. The Kier molecular flexibility index (Phi) is 4.99. The van der Waals surface area contributed by atoms with Crippen LogP contribution in [0.15, 0.2) is 15.2 Å². The smallest absolute Gasteiger partial charge is 0.0330 e. The number of hydrogen-bond donors (Lipinski definition) is 1. The fourth-order valence-electron chi connectivity index (χ4n) is 1.33. The largest absolute Gasteiger partial charge is 0.324 e. The van der Waals surface area contributed by atoms with Crippen molar-refractivity contribution in [1.82, 2.24) is 0 Å². The van der Waals surface area contributed by atoms with Crippen molar-refractivity contribution in [1.29, 1.82) is 0 Å². The number of hydrogen-bond acceptors (Lipinski definition) is 2. The second kappa shape index (κ2) is 5.78. The molecule has 1 aromatic rings. The molecule has 13 heavy (non-hydrogen) atoms. The van der Waals surface area contributed by atoms with Crippen LogP contribution < -0.4 is 5.73 Å². The van der Waals surface area contributed by atoms with Gasteiger partial charge in [0, 0.05) is 15.9 Å². The van der Waals surface area contributed by atoms with Crippen LogP contribution in [0.5, 0.6) is 0 Å². The molecular formula is C10H16BrNS. The molecule has 74 valence electrons. The lowest BCUT2D eigenvalue weighted by molar-refractivity contribution is 0.581. The third-order valence-electron chi connectivity index (χ3n) is 2.16. The summed E-state index contributed by atoms with van der Waals surface area (Å²) in [6, 6.07) is 0.215. The summed E-state index contributed by atoms with van der Waals surface area (Å²) in [5.74, 6) is 0. The molecule has 1 nitrogen and oxygen atoms in total. The zero-order chi connectivity index (χ0) is 9.68. The van der Waals surface area contributed by atoms with Crippen molar-refractivity contribution in [3.05, 3.63) is 20.8 Å². The third-order valence-corrected chi connectivity index (χ3v) is 3.91. The van der Waals surface area contributed by atoms with Crippen molar-refractivity contribution in [2.45, 2.75) is 38.6 Å². The third kappa shape index (κ3) is 3.41. The SMILES string of the molecule is CCCCCC(N)c1cscc1Br. The summed E-state index contributed by atoms with van der Waals surface area (Å²) in [7, 11) is 0. The highest BCUT2D eigenvalue weighted by Crippen LogP contribution is 2.28. The first kappa shape index (κ1) is 11.2. The maximum atomic E-state index is 6.06. The zero-order valence-corrected chi connectivity index (χ0v) is 10.3. The predicted octanol–water partition coefficient (Wildman–Crippen LogP) is 4.09. The molecule has 0 radical (unpaired) electrons. The van der Waals surface area contributed by atoms with Crippen LogP contribution in [0.25, 0.3) is 0 Å². The molecule has 0 bridgehead atoms. The normalized spacial score (nSPS) is 13.2. The van der Waals surface area contributed by atoms with E-state index in [2.05, 4.69) is 33.6 Å². The second-order valence-corrected chi connectivity index (χ2v) is 4.88. The lowest BCUT2D eigenvalue weighted by Gasteiger charge is -2.09. The second-order valence-electron chi connectivity index (χ2n) is 3.28. The zero-order valence-electron chi connectivity index (χ0n) is 7.92. The predicted molar refractivity (Wildman–Crippen MR) is 63.1 cm³/mol. The molecule has 1 aromatic heterocycles. The summed E-state index contributed by atoms with van der Waals surface area (Å²) in [6.07, 6.45) is 4.89. The molecule has 1 heterocycles. The van der Waals surface area contributed by atoms with Gasteiger partial charge in [-0.25, -0.2) is 0 Å². The van der Waals surface area contributed by atoms with Crippen LogP contribution in [0.4, 0.5) is 0 Å². The Morgan fingerprint density at radius 3 is 2.77 bits per heavy atom. The number of thiophene rings is 1. The number of nitrogens with two attached hydrogens (primary N) is 1. The van der Waals surface area contributed by atoms with Gasteiger partial charge in [0.1, 0.15) is 0 Å². The van der Waals surface area contributed by atoms with E-state index < -0.39 is 0 Å². The highest BCUT2D eigenvalue weighted by molar-refractivity contribution is 9.10. The summed E-state index contributed by atoms with van der Waals surface area (Å²) >= 11 is 5.21. The standard InChI is InChI=1S/C10H16BrNS/c1-2-3-4-5-10(12)8-6-13-7-9(8)11/h6-7,10H,2-5,12H2,1H3. The van der Waals surface area contributed by atoms with Gasteiger partial charge in [0.15, 0.2) is 0 Å². The van der Waals surface area contributed by atoms with Crippen LogP contribution in [0.1, 0.15) is 44.2 Å². The van der Waals surface area contributed by atoms with Gasteiger partial charge in [-0.3, -0.25) is 0 Å². The summed E-state index contributed by atoms with van der Waals surface area (Å²) in [5, 5.41) is 4.23. The summed E-state index contributed by atoms with van der Waals surface area (Å²) in [6.45, 7) is 2.21. The molecule has 0 saturated heterocycles. The lowest BCUT2D eigenvalue weighted by atomic mass is 10.0. The minimum atomic E-state index is 0.215. The molecule has 0 aliphatic carbocycles. The summed E-state index contributed by atoms with van der Waals surface area (Å²) in [5.41, 5.74) is 7.32. The lowest BCUT2D eigenvalue weighted by Crippen LogP contribution is -2.09. The Hall–Kier alpha value is 0.140. The van der Waals surface area contributed by atoms with Gasteiger partial charge in [0.2, 0.25) is 0 Å². The molecule has 0 aromatic carbocycles. The molecule has 1 unspecified atom stereocenters. The van der Waals surface area contributed by atoms with Crippen molar-refractivity contribution in [3.8, 4) is 0 Å². The quantitative estimate of drug-likeness (QED) is 0.794. The minimum Gasteiger partial charge on any atom is -0.324 e. The van der Waals surface area contributed by atoms with Crippen molar-refractivity contribution in [2.75, 3.05) is 0 Å². The Morgan fingerprint density at radius 2 is 2.23 bits per heavy atom. The van der Waals surface area contributed by atoms with Crippen LogP contribution in [0.2, 0.25) is 0 Å². The van der Waals surface area contributed by atoms with Gasteiger partial charge in [-0.2, -0.15) is 11.3 Å². The first-order valence-corrected chi connectivity index (χ1v) is 6.46. The molecule has 0 saturated carbocycles.